The van der Waals surface area contributed by atoms with E-state index in [1.54, 1.807) is 21.1 Å². The monoisotopic (exact) mass is 754 g/mol. The van der Waals surface area contributed by atoms with Gasteiger partial charge in [-0.1, -0.05) is 112 Å². The van der Waals surface area contributed by atoms with Crippen LogP contribution in [0.4, 0.5) is 0 Å². The fraction of sp³-hybridized carbons (Fsp3) is 0.630. The van der Waals surface area contributed by atoms with Gasteiger partial charge in [-0.15, -0.1) is 0 Å². The maximum atomic E-state index is 12.7. The summed E-state index contributed by atoms with van der Waals surface area (Å²) in [7, 11) is 5.36. The van der Waals surface area contributed by atoms with Crippen molar-refractivity contribution in [2.75, 3.05) is 41.0 Å². The number of carbonyl (C=O) groups excluding carboxylic acids is 3. The van der Waals surface area contributed by atoms with Crippen molar-refractivity contribution < 1.29 is 38.2 Å². The molecule has 2 atom stereocenters. The van der Waals surface area contributed by atoms with Crippen LogP contribution >= 0.6 is 0 Å². The molecule has 0 aliphatic heterocycles. The SMILES string of the molecule is CC/C=C/C/C=C/CCCCC(=O)OCC(COCCC(C(=O)[O-])[N+](C)(C)C)OC(=O)CCCC/C=C/C/C=C/C/C=C/C/C=C/C/C=C/CCCCC. The molecule has 0 rings (SSSR count). The minimum Gasteiger partial charge on any atom is -0.544 e. The van der Waals surface area contributed by atoms with E-state index in [0.29, 0.717) is 12.8 Å². The fourth-order valence-electron chi connectivity index (χ4n) is 5.30. The summed E-state index contributed by atoms with van der Waals surface area (Å²) in [4.78, 5) is 36.6. The van der Waals surface area contributed by atoms with E-state index in [2.05, 4.69) is 98.9 Å². The molecular formula is C46H75NO7. The lowest BCUT2D eigenvalue weighted by atomic mass is 10.1. The Morgan fingerprint density at radius 2 is 1.02 bits per heavy atom. The number of carboxylic acid groups (broad SMARTS) is 1. The zero-order chi connectivity index (χ0) is 40.0. The molecule has 0 aromatic carbocycles. The number of quaternary nitrogens is 1. The second kappa shape index (κ2) is 36.5. The van der Waals surface area contributed by atoms with E-state index in [1.807, 2.05) is 0 Å². The Balaban J connectivity index is 4.46. The van der Waals surface area contributed by atoms with Crippen LogP contribution in [0.3, 0.4) is 0 Å². The predicted octanol–water partition coefficient (Wildman–Crippen LogP) is 9.63. The minimum atomic E-state index is -1.14. The van der Waals surface area contributed by atoms with E-state index < -0.39 is 18.1 Å². The molecule has 0 aromatic heterocycles. The van der Waals surface area contributed by atoms with Crippen molar-refractivity contribution in [2.24, 2.45) is 0 Å². The number of rotatable bonds is 35. The summed E-state index contributed by atoms with van der Waals surface area (Å²) in [5, 5.41) is 11.6. The Hall–Kier alpha value is -3.49. The van der Waals surface area contributed by atoms with Gasteiger partial charge < -0.3 is 28.6 Å². The van der Waals surface area contributed by atoms with E-state index in [0.717, 1.165) is 64.2 Å². The Morgan fingerprint density at radius 1 is 0.574 bits per heavy atom. The summed E-state index contributed by atoms with van der Waals surface area (Å²) < 4.78 is 17.0. The number of likely N-dealkylation sites (N-methyl/N-ethyl adjacent to an activating group) is 1. The van der Waals surface area contributed by atoms with Crippen molar-refractivity contribution in [3.8, 4) is 0 Å². The first kappa shape index (κ1) is 50.5. The lowest BCUT2D eigenvalue weighted by Gasteiger charge is -2.34. The minimum absolute atomic E-state index is 0.00736. The molecule has 0 radical (unpaired) electrons. The van der Waals surface area contributed by atoms with Gasteiger partial charge in [-0.25, -0.2) is 0 Å². The second-order valence-electron chi connectivity index (χ2n) is 14.5. The number of nitrogens with zero attached hydrogens (tertiary/aromatic N) is 1. The van der Waals surface area contributed by atoms with Crippen molar-refractivity contribution in [1.29, 1.82) is 0 Å². The number of ether oxygens (including phenoxy) is 3. The van der Waals surface area contributed by atoms with Crippen LogP contribution in [0.5, 0.6) is 0 Å². The number of allylic oxidation sites excluding steroid dienone is 14. The molecule has 8 nitrogen and oxygen atoms in total. The van der Waals surface area contributed by atoms with Crippen molar-refractivity contribution in [3.05, 3.63) is 85.1 Å². The third kappa shape index (κ3) is 34.3. The highest BCUT2D eigenvalue weighted by Gasteiger charge is 2.25. The van der Waals surface area contributed by atoms with Crippen molar-refractivity contribution >= 4 is 17.9 Å². The summed E-state index contributed by atoms with van der Waals surface area (Å²) in [6.45, 7) is 4.39. The molecule has 306 valence electrons. The van der Waals surface area contributed by atoms with Gasteiger partial charge in [0.05, 0.1) is 40.3 Å². The fourth-order valence-corrected chi connectivity index (χ4v) is 5.30. The van der Waals surface area contributed by atoms with Gasteiger partial charge in [0.25, 0.3) is 0 Å². The molecule has 8 heteroatoms. The van der Waals surface area contributed by atoms with Crippen molar-refractivity contribution in [2.45, 2.75) is 148 Å². The Bertz CT molecular complexity index is 1160. The first-order valence-electron chi connectivity index (χ1n) is 20.6. The summed E-state index contributed by atoms with van der Waals surface area (Å²) >= 11 is 0. The lowest BCUT2D eigenvalue weighted by Crippen LogP contribution is -2.55. The zero-order valence-electron chi connectivity index (χ0n) is 34.6. The predicted molar refractivity (Wildman–Crippen MR) is 222 cm³/mol. The number of esters is 2. The van der Waals surface area contributed by atoms with Gasteiger partial charge in [0.2, 0.25) is 0 Å². The highest BCUT2D eigenvalue weighted by Crippen LogP contribution is 2.10. The first-order valence-corrected chi connectivity index (χ1v) is 20.6. The second-order valence-corrected chi connectivity index (χ2v) is 14.5. The number of unbranched alkanes of at least 4 members (excludes halogenated alkanes) is 7. The molecule has 0 aliphatic carbocycles. The number of carboxylic acids is 1. The standard InChI is InChI=1S/C46H75NO7/c1-6-8-10-12-14-16-17-18-19-20-21-22-23-24-25-26-27-29-31-33-35-37-45(49)54-42(40-52-39-38-43(46(50)51)47(3,4)5)41-53-44(48)36-34-32-30-28-15-13-11-9-7-2/h9,11,14-16,18-19,21-22,24-25,27-29,42-43H,6-8,10,12-13,17,20,23,26,30-41H2,1-5H3/b11-9+,16-14+,19-18+,22-21+,25-24+,28-15+,29-27+. The van der Waals surface area contributed by atoms with Crippen molar-refractivity contribution in [3.63, 3.8) is 0 Å². The molecule has 0 spiro atoms. The van der Waals surface area contributed by atoms with Crippen molar-refractivity contribution in [1.82, 2.24) is 0 Å². The topological polar surface area (TPSA) is 102 Å². The van der Waals surface area contributed by atoms with E-state index in [-0.39, 0.29) is 55.5 Å². The van der Waals surface area contributed by atoms with E-state index >= 15 is 0 Å². The molecule has 0 amide bonds. The molecule has 0 heterocycles. The van der Waals surface area contributed by atoms with Gasteiger partial charge in [0.1, 0.15) is 12.6 Å². The molecule has 0 aliphatic rings. The van der Waals surface area contributed by atoms with E-state index in [4.69, 9.17) is 14.2 Å². The van der Waals surface area contributed by atoms with Gasteiger partial charge in [-0.05, 0) is 89.9 Å². The van der Waals surface area contributed by atoms with Crippen LogP contribution in [0, 0.1) is 0 Å². The molecular weight excluding hydrogens is 679 g/mol. The third-order valence-corrected chi connectivity index (χ3v) is 8.52. The molecule has 0 N–H and O–H groups in total. The van der Waals surface area contributed by atoms with Crippen LogP contribution in [0.1, 0.15) is 136 Å². The number of hydrogen-bond donors (Lipinski definition) is 0. The zero-order valence-corrected chi connectivity index (χ0v) is 34.6. The van der Waals surface area contributed by atoms with Crippen LogP contribution in [0.2, 0.25) is 0 Å². The summed E-state index contributed by atoms with van der Waals surface area (Å²) in [5.41, 5.74) is 0. The van der Waals surface area contributed by atoms with Crippen LogP contribution in [-0.2, 0) is 28.6 Å². The third-order valence-electron chi connectivity index (χ3n) is 8.52. The van der Waals surface area contributed by atoms with Crippen LogP contribution < -0.4 is 5.11 Å². The Labute approximate surface area is 329 Å². The number of aliphatic carboxylic acids is 1. The van der Waals surface area contributed by atoms with Gasteiger partial charge in [-0.3, -0.25) is 9.59 Å². The van der Waals surface area contributed by atoms with E-state index in [9.17, 15) is 19.5 Å². The molecule has 0 saturated carbocycles. The Morgan fingerprint density at radius 3 is 1.46 bits per heavy atom. The summed E-state index contributed by atoms with van der Waals surface area (Å²) in [6, 6.07) is -0.742. The lowest BCUT2D eigenvalue weighted by molar-refractivity contribution is -0.889. The molecule has 0 fully saturated rings. The van der Waals surface area contributed by atoms with Gasteiger partial charge in [0.15, 0.2) is 6.10 Å². The average Bonchev–Trinajstić information content (AvgIpc) is 3.12. The molecule has 0 bridgehead atoms. The van der Waals surface area contributed by atoms with Gasteiger partial charge in [-0.2, -0.15) is 0 Å². The van der Waals surface area contributed by atoms with Gasteiger partial charge in [0, 0.05) is 19.3 Å². The normalized spacial score (nSPS) is 13.9. The molecule has 0 aromatic rings. The quantitative estimate of drug-likeness (QED) is 0.0275. The molecule has 2 unspecified atom stereocenters. The molecule has 0 saturated heterocycles. The summed E-state index contributed by atoms with van der Waals surface area (Å²) in [6.07, 6.45) is 46.3. The first-order chi connectivity index (χ1) is 26.1. The number of carbonyl (C=O) groups is 3. The summed E-state index contributed by atoms with van der Waals surface area (Å²) in [5.74, 6) is -1.85. The smallest absolute Gasteiger partial charge is 0.306 e. The highest BCUT2D eigenvalue weighted by atomic mass is 16.6. The molecule has 54 heavy (non-hydrogen) atoms. The highest BCUT2D eigenvalue weighted by molar-refractivity contribution is 5.70. The van der Waals surface area contributed by atoms with E-state index in [1.165, 1.54) is 25.7 Å². The number of hydrogen-bond acceptors (Lipinski definition) is 7. The van der Waals surface area contributed by atoms with Gasteiger partial charge >= 0.3 is 11.9 Å². The largest absolute Gasteiger partial charge is 0.544 e. The average molecular weight is 754 g/mol. The van der Waals surface area contributed by atoms with Crippen LogP contribution in [0.15, 0.2) is 85.1 Å². The maximum Gasteiger partial charge on any atom is 0.306 e. The van der Waals surface area contributed by atoms with Crippen LogP contribution in [0.25, 0.3) is 0 Å². The Kier molecular flexibility index (Phi) is 34.1. The maximum absolute atomic E-state index is 12.7. The van der Waals surface area contributed by atoms with Crippen LogP contribution in [-0.4, -0.2) is 75.5 Å².